The molecule has 0 bridgehead atoms. The molecular formula is C17H25IN4O2. The highest BCUT2D eigenvalue weighted by atomic mass is 127. The van der Waals surface area contributed by atoms with Crippen molar-refractivity contribution < 1.29 is 9.15 Å². The Balaban J connectivity index is 0.00000288. The van der Waals surface area contributed by atoms with Crippen molar-refractivity contribution in [1.82, 2.24) is 15.6 Å². The average molecular weight is 444 g/mol. The van der Waals surface area contributed by atoms with Crippen LogP contribution in [0.4, 0.5) is 0 Å². The van der Waals surface area contributed by atoms with Gasteiger partial charge >= 0.3 is 0 Å². The van der Waals surface area contributed by atoms with Gasteiger partial charge in [-0.3, -0.25) is 4.99 Å². The molecule has 0 fully saturated rings. The zero-order valence-corrected chi connectivity index (χ0v) is 16.9. The van der Waals surface area contributed by atoms with Gasteiger partial charge in [0.2, 0.25) is 5.89 Å². The van der Waals surface area contributed by atoms with Crippen LogP contribution in [0.2, 0.25) is 0 Å². The summed E-state index contributed by atoms with van der Waals surface area (Å²) in [6, 6.07) is 7.97. The monoisotopic (exact) mass is 444 g/mol. The number of aromatic nitrogens is 1. The lowest BCUT2D eigenvalue weighted by Crippen LogP contribution is -2.39. The Morgan fingerprint density at radius 1 is 1.21 bits per heavy atom. The summed E-state index contributed by atoms with van der Waals surface area (Å²) >= 11 is 0. The lowest BCUT2D eigenvalue weighted by molar-refractivity contribution is 0.319. The van der Waals surface area contributed by atoms with Crippen molar-refractivity contribution in [3.8, 4) is 5.75 Å². The predicted molar refractivity (Wildman–Crippen MR) is 106 cm³/mol. The van der Waals surface area contributed by atoms with Crippen LogP contribution < -0.4 is 15.4 Å². The third-order valence-electron chi connectivity index (χ3n) is 3.45. The molecule has 132 valence electrons. The van der Waals surface area contributed by atoms with Gasteiger partial charge in [-0.2, -0.15) is 0 Å². The summed E-state index contributed by atoms with van der Waals surface area (Å²) < 4.78 is 11.3. The van der Waals surface area contributed by atoms with E-state index in [1.807, 2.05) is 45.0 Å². The van der Waals surface area contributed by atoms with Crippen molar-refractivity contribution in [2.75, 3.05) is 20.2 Å². The first-order chi connectivity index (χ1) is 11.1. The highest BCUT2D eigenvalue weighted by Gasteiger charge is 2.06. The SMILES string of the molecule is CN=C(NCCOc1ccccc1C)NCc1nc(C)c(C)o1.I. The highest BCUT2D eigenvalue weighted by Crippen LogP contribution is 2.15. The lowest BCUT2D eigenvalue weighted by Gasteiger charge is -2.12. The second kappa shape index (κ2) is 10.2. The van der Waals surface area contributed by atoms with E-state index in [0.717, 1.165) is 22.8 Å². The van der Waals surface area contributed by atoms with Crippen LogP contribution in [0.25, 0.3) is 0 Å². The zero-order valence-electron chi connectivity index (χ0n) is 14.5. The summed E-state index contributed by atoms with van der Waals surface area (Å²) in [4.78, 5) is 8.49. The Morgan fingerprint density at radius 3 is 2.58 bits per heavy atom. The van der Waals surface area contributed by atoms with Crippen LogP contribution in [0.3, 0.4) is 0 Å². The van der Waals surface area contributed by atoms with E-state index < -0.39 is 0 Å². The summed E-state index contributed by atoms with van der Waals surface area (Å²) in [5, 5.41) is 6.36. The first kappa shape index (κ1) is 20.3. The van der Waals surface area contributed by atoms with E-state index in [1.165, 1.54) is 0 Å². The molecule has 0 spiro atoms. The van der Waals surface area contributed by atoms with Gasteiger partial charge < -0.3 is 19.8 Å². The van der Waals surface area contributed by atoms with Crippen LogP contribution in [0.5, 0.6) is 5.75 Å². The van der Waals surface area contributed by atoms with E-state index in [0.29, 0.717) is 31.5 Å². The molecule has 0 aliphatic rings. The number of hydrogen-bond acceptors (Lipinski definition) is 4. The highest BCUT2D eigenvalue weighted by molar-refractivity contribution is 14.0. The summed E-state index contributed by atoms with van der Waals surface area (Å²) in [5.74, 6) is 3.09. The van der Waals surface area contributed by atoms with Gasteiger partial charge in [-0.05, 0) is 32.4 Å². The van der Waals surface area contributed by atoms with Crippen LogP contribution in [-0.4, -0.2) is 31.1 Å². The fourth-order valence-electron chi connectivity index (χ4n) is 2.04. The molecule has 1 aromatic carbocycles. The fourth-order valence-corrected chi connectivity index (χ4v) is 2.04. The van der Waals surface area contributed by atoms with Gasteiger partial charge in [0.05, 0.1) is 18.8 Å². The van der Waals surface area contributed by atoms with Crippen LogP contribution in [-0.2, 0) is 6.54 Å². The molecular weight excluding hydrogens is 419 g/mol. The van der Waals surface area contributed by atoms with E-state index in [9.17, 15) is 0 Å². The standard InChI is InChI=1S/C17H24N4O2.HI/c1-12-7-5-6-8-15(12)22-10-9-19-17(18-4)20-11-16-21-13(2)14(3)23-16;/h5-8H,9-11H2,1-4H3,(H2,18,19,20);1H. The van der Waals surface area contributed by atoms with Crippen molar-refractivity contribution in [2.24, 2.45) is 4.99 Å². The lowest BCUT2D eigenvalue weighted by atomic mass is 10.2. The molecule has 0 atom stereocenters. The van der Waals surface area contributed by atoms with E-state index in [1.54, 1.807) is 7.05 Å². The predicted octanol–water partition coefficient (Wildman–Crippen LogP) is 2.96. The molecule has 0 aliphatic heterocycles. The number of nitrogens with zero attached hydrogens (tertiary/aromatic N) is 2. The van der Waals surface area contributed by atoms with Gasteiger partial charge in [0.15, 0.2) is 5.96 Å². The topological polar surface area (TPSA) is 71.7 Å². The van der Waals surface area contributed by atoms with Gasteiger partial charge in [-0.25, -0.2) is 4.98 Å². The fraction of sp³-hybridized carbons (Fsp3) is 0.412. The molecule has 1 aromatic heterocycles. The van der Waals surface area contributed by atoms with Crippen LogP contribution in [0.15, 0.2) is 33.7 Å². The Bertz CT molecular complexity index is 651. The molecule has 2 aromatic rings. The van der Waals surface area contributed by atoms with Crippen molar-refractivity contribution in [2.45, 2.75) is 27.3 Å². The minimum absolute atomic E-state index is 0. The van der Waals surface area contributed by atoms with Crippen molar-refractivity contribution in [1.29, 1.82) is 0 Å². The number of halogens is 1. The first-order valence-electron chi connectivity index (χ1n) is 7.66. The van der Waals surface area contributed by atoms with Gasteiger partial charge in [0.25, 0.3) is 0 Å². The van der Waals surface area contributed by atoms with Crippen molar-refractivity contribution in [3.63, 3.8) is 0 Å². The molecule has 2 N–H and O–H groups in total. The van der Waals surface area contributed by atoms with Crippen LogP contribution >= 0.6 is 24.0 Å². The van der Waals surface area contributed by atoms with Crippen molar-refractivity contribution in [3.05, 3.63) is 47.2 Å². The van der Waals surface area contributed by atoms with E-state index in [-0.39, 0.29) is 24.0 Å². The first-order valence-corrected chi connectivity index (χ1v) is 7.66. The Labute approximate surface area is 160 Å². The minimum atomic E-state index is 0. The van der Waals surface area contributed by atoms with E-state index in [4.69, 9.17) is 9.15 Å². The molecule has 1 heterocycles. The third-order valence-corrected chi connectivity index (χ3v) is 3.45. The maximum atomic E-state index is 5.74. The quantitative estimate of drug-likeness (QED) is 0.310. The molecule has 0 saturated carbocycles. The summed E-state index contributed by atoms with van der Waals surface area (Å²) in [6.45, 7) is 7.57. The molecule has 7 heteroatoms. The Morgan fingerprint density at radius 2 is 1.96 bits per heavy atom. The number of benzene rings is 1. The number of ether oxygens (including phenoxy) is 1. The molecule has 0 unspecified atom stereocenters. The zero-order chi connectivity index (χ0) is 16.7. The second-order valence-electron chi connectivity index (χ2n) is 5.22. The molecule has 0 amide bonds. The van der Waals surface area contributed by atoms with Crippen LogP contribution in [0, 0.1) is 20.8 Å². The minimum Gasteiger partial charge on any atom is -0.491 e. The number of nitrogens with one attached hydrogen (secondary N) is 2. The number of aliphatic imine (C=N–C) groups is 1. The summed E-state index contributed by atoms with van der Waals surface area (Å²) in [6.07, 6.45) is 0. The maximum absolute atomic E-state index is 5.74. The second-order valence-corrected chi connectivity index (χ2v) is 5.22. The average Bonchev–Trinajstić information content (AvgIpc) is 2.86. The number of guanidine groups is 1. The Kier molecular flexibility index (Phi) is 8.59. The van der Waals surface area contributed by atoms with Crippen molar-refractivity contribution >= 4 is 29.9 Å². The molecule has 0 aliphatic carbocycles. The Hall–Kier alpha value is -1.77. The molecule has 0 saturated heterocycles. The molecule has 0 radical (unpaired) electrons. The molecule has 2 rings (SSSR count). The van der Waals surface area contributed by atoms with E-state index >= 15 is 0 Å². The molecule has 24 heavy (non-hydrogen) atoms. The largest absolute Gasteiger partial charge is 0.491 e. The third kappa shape index (κ3) is 6.03. The summed E-state index contributed by atoms with van der Waals surface area (Å²) in [5.41, 5.74) is 2.04. The maximum Gasteiger partial charge on any atom is 0.214 e. The van der Waals surface area contributed by atoms with Gasteiger partial charge in [-0.1, -0.05) is 18.2 Å². The van der Waals surface area contributed by atoms with Gasteiger partial charge in [0.1, 0.15) is 18.1 Å². The van der Waals surface area contributed by atoms with Crippen LogP contribution in [0.1, 0.15) is 22.9 Å². The van der Waals surface area contributed by atoms with Gasteiger partial charge in [-0.15, -0.1) is 24.0 Å². The smallest absolute Gasteiger partial charge is 0.214 e. The number of hydrogen-bond donors (Lipinski definition) is 2. The number of rotatable bonds is 6. The number of aryl methyl sites for hydroxylation is 3. The van der Waals surface area contributed by atoms with Gasteiger partial charge in [0, 0.05) is 7.05 Å². The number of para-hydroxylation sites is 1. The summed E-state index contributed by atoms with van der Waals surface area (Å²) in [7, 11) is 1.73. The van der Waals surface area contributed by atoms with E-state index in [2.05, 4.69) is 20.6 Å². The number of oxazole rings is 1. The molecule has 6 nitrogen and oxygen atoms in total. The normalized spacial score (nSPS) is 10.9.